The first-order chi connectivity index (χ1) is 11.5. The van der Waals surface area contributed by atoms with Crippen LogP contribution in [0, 0.1) is 23.2 Å². The Hall–Kier alpha value is -2.23. The Balaban J connectivity index is 1.84. The van der Waals surface area contributed by atoms with Crippen LogP contribution in [0.3, 0.4) is 0 Å². The van der Waals surface area contributed by atoms with Crippen molar-refractivity contribution in [1.29, 1.82) is 0 Å². The Labute approximate surface area is 151 Å². The number of carbonyl (C=O) groups excluding carboxylic acids is 1. The van der Waals surface area contributed by atoms with Gasteiger partial charge in [0.1, 0.15) is 11.5 Å². The summed E-state index contributed by atoms with van der Waals surface area (Å²) in [5.41, 5.74) is 3.38. The standard InChI is InChI=1S/C16H15FIN5O/c1-9-14(20-16(24)15-13(18)7-19-21-15)10(2)23(22-9)8-11-4-3-5-12(17)6-11/h3-7H,8H2,1-2H3,(H,19,21)(H,20,24). The van der Waals surface area contributed by atoms with Gasteiger partial charge in [0, 0.05) is 0 Å². The highest BCUT2D eigenvalue weighted by atomic mass is 127. The molecule has 0 aliphatic carbocycles. The van der Waals surface area contributed by atoms with Crippen molar-refractivity contribution >= 4 is 34.2 Å². The molecule has 6 nitrogen and oxygen atoms in total. The van der Waals surface area contributed by atoms with E-state index in [4.69, 9.17) is 0 Å². The van der Waals surface area contributed by atoms with Crippen LogP contribution in [0.1, 0.15) is 27.4 Å². The summed E-state index contributed by atoms with van der Waals surface area (Å²) in [4.78, 5) is 12.3. The zero-order valence-electron chi connectivity index (χ0n) is 13.1. The lowest BCUT2D eigenvalue weighted by Gasteiger charge is -2.07. The number of aromatic amines is 1. The lowest BCUT2D eigenvalue weighted by atomic mass is 10.2. The summed E-state index contributed by atoms with van der Waals surface area (Å²) in [6, 6.07) is 6.38. The molecule has 0 spiro atoms. The van der Waals surface area contributed by atoms with Crippen molar-refractivity contribution in [2.75, 3.05) is 5.32 Å². The van der Waals surface area contributed by atoms with Crippen LogP contribution in [0.4, 0.5) is 10.1 Å². The lowest BCUT2D eigenvalue weighted by Crippen LogP contribution is -2.15. The maximum atomic E-state index is 13.3. The first-order valence-corrected chi connectivity index (χ1v) is 8.32. The minimum absolute atomic E-state index is 0.270. The number of halogens is 2. The van der Waals surface area contributed by atoms with E-state index in [2.05, 4.69) is 20.6 Å². The summed E-state index contributed by atoms with van der Waals surface area (Å²) in [5.74, 6) is -0.551. The summed E-state index contributed by atoms with van der Waals surface area (Å²) in [6.07, 6.45) is 1.59. The van der Waals surface area contributed by atoms with Gasteiger partial charge in [-0.2, -0.15) is 10.2 Å². The normalized spacial score (nSPS) is 10.8. The number of carbonyl (C=O) groups is 1. The van der Waals surface area contributed by atoms with Crippen LogP contribution in [0.5, 0.6) is 0 Å². The Morgan fingerprint density at radius 1 is 1.42 bits per heavy atom. The van der Waals surface area contributed by atoms with Gasteiger partial charge < -0.3 is 5.32 Å². The minimum Gasteiger partial charge on any atom is -0.317 e. The highest BCUT2D eigenvalue weighted by Gasteiger charge is 2.18. The number of hydrogen-bond acceptors (Lipinski definition) is 3. The molecule has 0 aliphatic heterocycles. The van der Waals surface area contributed by atoms with E-state index in [0.29, 0.717) is 23.6 Å². The monoisotopic (exact) mass is 439 g/mol. The van der Waals surface area contributed by atoms with E-state index in [1.54, 1.807) is 16.9 Å². The third kappa shape index (κ3) is 3.32. The van der Waals surface area contributed by atoms with Gasteiger partial charge in [0.25, 0.3) is 5.91 Å². The highest BCUT2D eigenvalue weighted by Crippen LogP contribution is 2.22. The number of aromatic nitrogens is 4. The number of aryl methyl sites for hydroxylation is 1. The van der Waals surface area contributed by atoms with Crippen molar-refractivity contribution in [3.05, 3.63) is 62.5 Å². The molecule has 0 unspecified atom stereocenters. The number of benzene rings is 1. The van der Waals surface area contributed by atoms with Gasteiger partial charge in [-0.1, -0.05) is 12.1 Å². The Morgan fingerprint density at radius 2 is 2.21 bits per heavy atom. The summed E-state index contributed by atoms with van der Waals surface area (Å²) < 4.78 is 15.8. The number of H-pyrrole nitrogens is 1. The molecule has 0 bridgehead atoms. The van der Waals surface area contributed by atoms with E-state index in [9.17, 15) is 9.18 Å². The third-order valence-corrected chi connectivity index (χ3v) is 4.48. The molecule has 24 heavy (non-hydrogen) atoms. The van der Waals surface area contributed by atoms with E-state index in [1.807, 2.05) is 42.5 Å². The van der Waals surface area contributed by atoms with Crippen molar-refractivity contribution in [2.24, 2.45) is 0 Å². The number of nitrogens with one attached hydrogen (secondary N) is 2. The van der Waals surface area contributed by atoms with E-state index in [0.717, 1.165) is 14.8 Å². The summed E-state index contributed by atoms with van der Waals surface area (Å²) in [7, 11) is 0. The summed E-state index contributed by atoms with van der Waals surface area (Å²) in [5, 5.41) is 13.8. The first kappa shape index (κ1) is 16.6. The SMILES string of the molecule is Cc1nn(Cc2cccc(F)c2)c(C)c1NC(=O)c1[nH]ncc1I. The molecule has 1 aromatic carbocycles. The van der Waals surface area contributed by atoms with Crippen LogP contribution < -0.4 is 5.32 Å². The molecule has 1 amide bonds. The van der Waals surface area contributed by atoms with Crippen LogP contribution in [0.2, 0.25) is 0 Å². The van der Waals surface area contributed by atoms with Crippen molar-refractivity contribution in [3.8, 4) is 0 Å². The van der Waals surface area contributed by atoms with Gasteiger partial charge in [-0.05, 0) is 54.1 Å². The van der Waals surface area contributed by atoms with Crippen molar-refractivity contribution in [1.82, 2.24) is 20.0 Å². The van der Waals surface area contributed by atoms with Crippen LogP contribution >= 0.6 is 22.6 Å². The minimum atomic E-state index is -0.281. The van der Waals surface area contributed by atoms with Crippen LogP contribution in [-0.4, -0.2) is 25.9 Å². The van der Waals surface area contributed by atoms with E-state index in [-0.39, 0.29) is 11.7 Å². The van der Waals surface area contributed by atoms with Crippen molar-refractivity contribution in [3.63, 3.8) is 0 Å². The maximum Gasteiger partial charge on any atom is 0.274 e. The smallest absolute Gasteiger partial charge is 0.274 e. The quantitative estimate of drug-likeness (QED) is 0.613. The molecule has 2 heterocycles. The second kappa shape index (κ2) is 6.71. The third-order valence-electron chi connectivity index (χ3n) is 3.66. The largest absolute Gasteiger partial charge is 0.317 e. The first-order valence-electron chi connectivity index (χ1n) is 7.24. The second-order valence-corrected chi connectivity index (χ2v) is 6.54. The second-order valence-electron chi connectivity index (χ2n) is 5.38. The fourth-order valence-corrected chi connectivity index (χ4v) is 2.95. The number of nitrogens with zero attached hydrogens (tertiary/aromatic N) is 3. The average molecular weight is 439 g/mol. The number of hydrogen-bond donors (Lipinski definition) is 2. The number of anilines is 1. The fraction of sp³-hybridized carbons (Fsp3) is 0.188. The van der Waals surface area contributed by atoms with Crippen LogP contribution in [0.25, 0.3) is 0 Å². The molecule has 0 atom stereocenters. The maximum absolute atomic E-state index is 13.3. The zero-order valence-corrected chi connectivity index (χ0v) is 15.3. The van der Waals surface area contributed by atoms with Crippen LogP contribution in [0.15, 0.2) is 30.5 Å². The molecule has 0 aliphatic rings. The predicted octanol–water partition coefficient (Wildman–Crippen LogP) is 3.27. The Bertz CT molecular complexity index is 902. The van der Waals surface area contributed by atoms with E-state index < -0.39 is 0 Å². The molecule has 2 N–H and O–H groups in total. The van der Waals surface area contributed by atoms with Gasteiger partial charge in [-0.15, -0.1) is 0 Å². The van der Waals surface area contributed by atoms with Crippen molar-refractivity contribution in [2.45, 2.75) is 20.4 Å². The Morgan fingerprint density at radius 3 is 2.88 bits per heavy atom. The predicted molar refractivity (Wildman–Crippen MR) is 96.5 cm³/mol. The molecular weight excluding hydrogens is 424 g/mol. The lowest BCUT2D eigenvalue weighted by molar-refractivity contribution is 0.102. The van der Waals surface area contributed by atoms with Gasteiger partial charge in [0.15, 0.2) is 0 Å². The summed E-state index contributed by atoms with van der Waals surface area (Å²) in [6.45, 7) is 4.12. The summed E-state index contributed by atoms with van der Waals surface area (Å²) >= 11 is 2.04. The molecule has 124 valence electrons. The van der Waals surface area contributed by atoms with Crippen LogP contribution in [-0.2, 0) is 6.54 Å². The number of rotatable bonds is 4. The molecule has 2 aromatic heterocycles. The van der Waals surface area contributed by atoms with Gasteiger partial charge >= 0.3 is 0 Å². The average Bonchev–Trinajstić information content (AvgIpc) is 3.06. The fourth-order valence-electron chi connectivity index (χ4n) is 2.45. The highest BCUT2D eigenvalue weighted by molar-refractivity contribution is 14.1. The molecule has 0 fully saturated rings. The van der Waals surface area contributed by atoms with Crippen molar-refractivity contribution < 1.29 is 9.18 Å². The molecule has 0 radical (unpaired) electrons. The van der Waals surface area contributed by atoms with E-state index >= 15 is 0 Å². The zero-order chi connectivity index (χ0) is 17.3. The van der Waals surface area contributed by atoms with Gasteiger partial charge in [0.05, 0.1) is 33.4 Å². The molecule has 8 heteroatoms. The van der Waals surface area contributed by atoms with Gasteiger partial charge in [0.2, 0.25) is 0 Å². The molecule has 0 saturated heterocycles. The molecular formula is C16H15FIN5O. The van der Waals surface area contributed by atoms with E-state index in [1.165, 1.54) is 12.1 Å². The topological polar surface area (TPSA) is 75.6 Å². The molecule has 0 saturated carbocycles. The Kier molecular flexibility index (Phi) is 4.65. The molecule has 3 aromatic rings. The van der Waals surface area contributed by atoms with Gasteiger partial charge in [-0.25, -0.2) is 4.39 Å². The van der Waals surface area contributed by atoms with Gasteiger partial charge in [-0.3, -0.25) is 14.6 Å². The molecule has 3 rings (SSSR count). The number of amides is 1.